The molecule has 0 spiro atoms. The fraction of sp³-hybridized carbons (Fsp3) is 0.286. The fourth-order valence-corrected chi connectivity index (χ4v) is 4.54. The van der Waals surface area contributed by atoms with Crippen molar-refractivity contribution in [2.24, 2.45) is 5.92 Å². The number of hydrogen-bond donors (Lipinski definition) is 1. The summed E-state index contributed by atoms with van der Waals surface area (Å²) in [7, 11) is 0. The first-order valence-corrected chi connectivity index (χ1v) is 10.7. The van der Waals surface area contributed by atoms with Gasteiger partial charge in [0.05, 0.1) is 30.4 Å². The van der Waals surface area contributed by atoms with Crippen LogP contribution in [0.4, 0.5) is 10.2 Å². The summed E-state index contributed by atoms with van der Waals surface area (Å²) in [6, 6.07) is 7.10. The number of anilines is 1. The molecule has 4 aromatic rings. The van der Waals surface area contributed by atoms with E-state index in [0.29, 0.717) is 29.9 Å². The van der Waals surface area contributed by atoms with Gasteiger partial charge in [-0.3, -0.25) is 4.68 Å². The van der Waals surface area contributed by atoms with Crippen LogP contribution >= 0.6 is 15.9 Å². The molecule has 1 aliphatic heterocycles. The number of aromatic amines is 1. The zero-order valence-corrected chi connectivity index (χ0v) is 18.0. The van der Waals surface area contributed by atoms with Gasteiger partial charge in [-0.2, -0.15) is 10.4 Å². The Kier molecular flexibility index (Phi) is 5.11. The highest BCUT2D eigenvalue weighted by molar-refractivity contribution is 9.10. The van der Waals surface area contributed by atoms with Crippen LogP contribution < -0.4 is 4.90 Å². The molecule has 0 bridgehead atoms. The zero-order valence-electron chi connectivity index (χ0n) is 16.4. The maximum absolute atomic E-state index is 14.3. The first-order chi connectivity index (χ1) is 15.1. The molecule has 1 saturated heterocycles. The molecule has 31 heavy (non-hydrogen) atoms. The number of hydrogen-bond acceptors (Lipinski definition) is 6. The van der Waals surface area contributed by atoms with Crippen LogP contribution in [-0.2, 0) is 0 Å². The van der Waals surface area contributed by atoms with Gasteiger partial charge in [-0.25, -0.2) is 19.3 Å². The molecule has 0 aliphatic carbocycles. The Morgan fingerprint density at radius 2 is 2.23 bits per heavy atom. The van der Waals surface area contributed by atoms with Crippen LogP contribution in [0.2, 0.25) is 0 Å². The molecule has 10 heteroatoms. The van der Waals surface area contributed by atoms with E-state index in [4.69, 9.17) is 0 Å². The summed E-state index contributed by atoms with van der Waals surface area (Å²) in [4.78, 5) is 18.0. The van der Waals surface area contributed by atoms with Crippen molar-refractivity contribution in [1.82, 2.24) is 29.7 Å². The van der Waals surface area contributed by atoms with E-state index in [0.717, 1.165) is 28.7 Å². The minimum Gasteiger partial charge on any atom is -0.354 e. The van der Waals surface area contributed by atoms with Crippen molar-refractivity contribution in [3.05, 3.63) is 53.5 Å². The van der Waals surface area contributed by atoms with Crippen molar-refractivity contribution >= 4 is 32.8 Å². The Morgan fingerprint density at radius 3 is 3.10 bits per heavy atom. The molecule has 5 rings (SSSR count). The molecule has 1 N–H and O–H groups in total. The van der Waals surface area contributed by atoms with Gasteiger partial charge in [-0.05, 0) is 40.5 Å². The number of aromatic nitrogens is 6. The minimum atomic E-state index is -0.346. The number of rotatable bonds is 5. The summed E-state index contributed by atoms with van der Waals surface area (Å²) in [6.45, 7) is 1.29. The van der Waals surface area contributed by atoms with Crippen molar-refractivity contribution in [2.75, 3.05) is 18.0 Å². The van der Waals surface area contributed by atoms with Gasteiger partial charge in [0.25, 0.3) is 0 Å². The summed E-state index contributed by atoms with van der Waals surface area (Å²) >= 11 is 3.31. The SMILES string of the molecule is N#CCC(C1CCN(c2nc(Br)ccc2F)C1)n1cc(-c2ncnc3[nH]ccc23)cn1. The minimum absolute atomic E-state index is 0.123. The van der Waals surface area contributed by atoms with Crippen LogP contribution in [0.15, 0.2) is 47.7 Å². The Balaban J connectivity index is 1.42. The molecule has 0 radical (unpaired) electrons. The van der Waals surface area contributed by atoms with E-state index in [9.17, 15) is 9.65 Å². The second-order valence-electron chi connectivity index (χ2n) is 7.54. The van der Waals surface area contributed by atoms with Gasteiger partial charge in [0.15, 0.2) is 11.6 Å². The molecule has 1 aliphatic rings. The van der Waals surface area contributed by atoms with E-state index in [2.05, 4.69) is 47.0 Å². The molecule has 0 saturated carbocycles. The topological polar surface area (TPSA) is 99.3 Å². The first-order valence-electron chi connectivity index (χ1n) is 9.90. The van der Waals surface area contributed by atoms with Crippen LogP contribution in [0, 0.1) is 23.1 Å². The van der Waals surface area contributed by atoms with Crippen molar-refractivity contribution in [3.63, 3.8) is 0 Å². The molecule has 2 atom stereocenters. The molecule has 8 nitrogen and oxygen atoms in total. The van der Waals surface area contributed by atoms with Crippen LogP contribution in [0.3, 0.4) is 0 Å². The predicted molar refractivity (Wildman–Crippen MR) is 117 cm³/mol. The second kappa shape index (κ2) is 8.07. The number of H-pyrrole nitrogens is 1. The summed E-state index contributed by atoms with van der Waals surface area (Å²) in [6.07, 6.45) is 8.18. The average Bonchev–Trinajstić information content (AvgIpc) is 3.53. The molecule has 5 heterocycles. The van der Waals surface area contributed by atoms with Gasteiger partial charge in [0, 0.05) is 42.4 Å². The third kappa shape index (κ3) is 3.65. The third-order valence-electron chi connectivity index (χ3n) is 5.73. The largest absolute Gasteiger partial charge is 0.354 e. The van der Waals surface area contributed by atoms with Gasteiger partial charge < -0.3 is 9.88 Å². The van der Waals surface area contributed by atoms with Crippen LogP contribution in [-0.4, -0.2) is 42.8 Å². The maximum Gasteiger partial charge on any atom is 0.166 e. The number of nitrogens with zero attached hydrogens (tertiary/aromatic N) is 7. The number of halogens is 2. The molecule has 4 aromatic heterocycles. The second-order valence-corrected chi connectivity index (χ2v) is 8.35. The lowest BCUT2D eigenvalue weighted by atomic mass is 9.96. The van der Waals surface area contributed by atoms with Crippen molar-refractivity contribution < 1.29 is 4.39 Å². The highest BCUT2D eigenvalue weighted by Crippen LogP contribution is 2.34. The van der Waals surface area contributed by atoms with Crippen molar-refractivity contribution in [1.29, 1.82) is 5.26 Å². The van der Waals surface area contributed by atoms with E-state index in [1.54, 1.807) is 12.3 Å². The zero-order chi connectivity index (χ0) is 21.4. The lowest BCUT2D eigenvalue weighted by Gasteiger charge is -2.23. The van der Waals surface area contributed by atoms with E-state index >= 15 is 0 Å². The summed E-state index contributed by atoms with van der Waals surface area (Å²) in [5.74, 6) is 0.135. The van der Waals surface area contributed by atoms with Crippen LogP contribution in [0.25, 0.3) is 22.3 Å². The summed E-state index contributed by atoms with van der Waals surface area (Å²) < 4.78 is 16.7. The first kappa shape index (κ1) is 19.6. The van der Waals surface area contributed by atoms with Crippen molar-refractivity contribution in [2.45, 2.75) is 18.9 Å². The fourth-order valence-electron chi connectivity index (χ4n) is 4.24. The Morgan fingerprint density at radius 1 is 1.32 bits per heavy atom. The maximum atomic E-state index is 14.3. The predicted octanol–water partition coefficient (Wildman–Crippen LogP) is 4.10. The van der Waals surface area contributed by atoms with Crippen molar-refractivity contribution in [3.8, 4) is 17.3 Å². The molecule has 0 amide bonds. The molecule has 2 unspecified atom stereocenters. The molecular formula is C21H18BrFN8. The highest BCUT2D eigenvalue weighted by Gasteiger charge is 2.33. The van der Waals surface area contributed by atoms with E-state index in [-0.39, 0.29) is 17.8 Å². The van der Waals surface area contributed by atoms with Gasteiger partial charge in [0.1, 0.15) is 16.6 Å². The van der Waals surface area contributed by atoms with Crippen LogP contribution in [0.1, 0.15) is 18.9 Å². The number of pyridine rings is 1. The number of fused-ring (bicyclic) bond motifs is 1. The Hall–Kier alpha value is -3.32. The lowest BCUT2D eigenvalue weighted by molar-refractivity contribution is 0.331. The molecule has 156 valence electrons. The Bertz CT molecular complexity index is 1280. The third-order valence-corrected chi connectivity index (χ3v) is 6.17. The Labute approximate surface area is 185 Å². The lowest BCUT2D eigenvalue weighted by Crippen LogP contribution is -2.26. The molecule has 0 aromatic carbocycles. The van der Waals surface area contributed by atoms with Crippen LogP contribution in [0.5, 0.6) is 0 Å². The van der Waals surface area contributed by atoms with Gasteiger partial charge in [-0.1, -0.05) is 0 Å². The smallest absolute Gasteiger partial charge is 0.166 e. The monoisotopic (exact) mass is 480 g/mol. The number of nitrogens with one attached hydrogen (secondary N) is 1. The summed E-state index contributed by atoms with van der Waals surface area (Å²) in [5.41, 5.74) is 2.42. The van der Waals surface area contributed by atoms with E-state index in [1.807, 2.05) is 28.0 Å². The van der Waals surface area contributed by atoms with Gasteiger partial charge in [-0.15, -0.1) is 0 Å². The summed E-state index contributed by atoms with van der Waals surface area (Å²) in [5, 5.41) is 14.9. The average molecular weight is 481 g/mol. The highest BCUT2D eigenvalue weighted by atomic mass is 79.9. The van der Waals surface area contributed by atoms with E-state index in [1.165, 1.54) is 12.4 Å². The van der Waals surface area contributed by atoms with Gasteiger partial charge in [0.2, 0.25) is 0 Å². The van der Waals surface area contributed by atoms with E-state index < -0.39 is 0 Å². The quantitative estimate of drug-likeness (QED) is 0.431. The normalized spacial score (nSPS) is 17.2. The molecule has 1 fully saturated rings. The number of nitriles is 1. The standard InChI is InChI=1S/C21H18BrFN8/c22-18-2-1-16(23)21(29-18)30-8-5-13(10-30)17(3-6-24)31-11-14(9-28-31)19-15-4-7-25-20(15)27-12-26-19/h1-2,4,7,9,11-13,17H,3,5,8,10H2,(H,25,26,27). The molecular weight excluding hydrogens is 463 g/mol. The van der Waals surface area contributed by atoms with Gasteiger partial charge >= 0.3 is 0 Å².